The number of carbonyl (C=O) groups is 1. The maximum atomic E-state index is 13.5. The van der Waals surface area contributed by atoms with Crippen LogP contribution in [0.4, 0.5) is 13.2 Å². The minimum atomic E-state index is -4.57. The molecule has 0 N–H and O–H groups in total. The van der Waals surface area contributed by atoms with Crippen molar-refractivity contribution in [2.24, 2.45) is 5.92 Å². The third kappa shape index (κ3) is 7.63. The number of ether oxygens (including phenoxy) is 4. The van der Waals surface area contributed by atoms with Gasteiger partial charge in [0, 0.05) is 63.9 Å². The number of aromatic nitrogens is 2. The first kappa shape index (κ1) is 33.0. The van der Waals surface area contributed by atoms with E-state index in [-0.39, 0.29) is 54.1 Å². The molecule has 13 heteroatoms. The molecule has 4 heterocycles. The van der Waals surface area contributed by atoms with E-state index < -0.39 is 12.8 Å². The molecule has 3 aliphatic rings. The number of fused-ring (bicyclic) bond motifs is 1. The minimum absolute atomic E-state index is 0.0110. The Bertz CT molecular complexity index is 1450. The van der Waals surface area contributed by atoms with Gasteiger partial charge >= 0.3 is 12.2 Å². The summed E-state index contributed by atoms with van der Waals surface area (Å²) < 4.78 is 61.2. The second-order valence-electron chi connectivity index (χ2n) is 12.2. The van der Waals surface area contributed by atoms with Gasteiger partial charge in [-0.1, -0.05) is 60.7 Å². The van der Waals surface area contributed by atoms with Gasteiger partial charge < -0.3 is 23.8 Å². The number of hydrogen-bond acceptors (Lipinski definition) is 9. The Hall–Kier alpha value is -3.94. The standard InChI is InChI=1S/C34H40F3N5O5/c1-44-30-27(31(39-33(38-30)45-2)47-22-34(35,36)37)19-40-17-26-18-41(32(43)25-13-16-46-21-25)14-15-42(26)28(20-40)29(23-9-5-3-6-10-23)24-11-7-4-8-12-24/h3-12,25-26,28-29H,13-22H2,1-2H3/t25?,26-,28?/m1/s1. The van der Waals surface area contributed by atoms with E-state index in [9.17, 15) is 18.0 Å². The molecule has 3 saturated heterocycles. The molecule has 10 nitrogen and oxygen atoms in total. The fraction of sp³-hybridized carbons (Fsp3) is 0.500. The number of carbonyl (C=O) groups excluding carboxylic acids is 1. The molecule has 252 valence electrons. The first-order chi connectivity index (χ1) is 22.7. The van der Waals surface area contributed by atoms with Crippen LogP contribution in [-0.4, -0.2) is 116 Å². The quantitative estimate of drug-likeness (QED) is 0.322. The van der Waals surface area contributed by atoms with Gasteiger partial charge in [-0.25, -0.2) is 0 Å². The SMILES string of the molecule is COc1nc(OC)c(CN2CC(C(c3ccccc3)c3ccccc3)N3CCN(C(=O)C4CCOC4)C[C@H]3C2)c(OCC(F)(F)F)n1. The topological polar surface area (TPSA) is 89.5 Å². The number of hydrogen-bond donors (Lipinski definition) is 0. The van der Waals surface area contributed by atoms with Gasteiger partial charge in [-0.15, -0.1) is 0 Å². The Kier molecular flexibility index (Phi) is 10.1. The van der Waals surface area contributed by atoms with Crippen LogP contribution in [0.15, 0.2) is 60.7 Å². The molecule has 47 heavy (non-hydrogen) atoms. The molecule has 3 atom stereocenters. The van der Waals surface area contributed by atoms with E-state index in [2.05, 4.69) is 44.0 Å². The van der Waals surface area contributed by atoms with Gasteiger partial charge in [-0.2, -0.15) is 23.1 Å². The van der Waals surface area contributed by atoms with E-state index in [1.807, 2.05) is 41.3 Å². The van der Waals surface area contributed by atoms with E-state index in [1.165, 1.54) is 14.2 Å². The lowest BCUT2D eigenvalue weighted by Crippen LogP contribution is -2.67. The second kappa shape index (κ2) is 14.4. The molecule has 3 aliphatic heterocycles. The largest absolute Gasteiger partial charge is 0.481 e. The van der Waals surface area contributed by atoms with Gasteiger partial charge in [0.1, 0.15) is 0 Å². The van der Waals surface area contributed by atoms with E-state index in [4.69, 9.17) is 18.9 Å². The van der Waals surface area contributed by atoms with E-state index in [0.717, 1.165) is 17.5 Å². The Morgan fingerprint density at radius 3 is 2.21 bits per heavy atom. The highest BCUT2D eigenvalue weighted by Gasteiger charge is 2.44. The van der Waals surface area contributed by atoms with E-state index in [1.54, 1.807) is 0 Å². The summed E-state index contributed by atoms with van der Waals surface area (Å²) >= 11 is 0. The molecule has 0 aliphatic carbocycles. The van der Waals surface area contributed by atoms with Crippen molar-refractivity contribution in [2.45, 2.75) is 37.1 Å². The van der Waals surface area contributed by atoms with Crippen LogP contribution in [0.5, 0.6) is 17.8 Å². The zero-order valence-electron chi connectivity index (χ0n) is 26.6. The summed E-state index contributed by atoms with van der Waals surface area (Å²) in [6, 6.07) is 20.5. The zero-order valence-corrected chi connectivity index (χ0v) is 26.6. The van der Waals surface area contributed by atoms with Crippen LogP contribution in [-0.2, 0) is 16.1 Å². The summed E-state index contributed by atoms with van der Waals surface area (Å²) in [7, 11) is 2.73. The van der Waals surface area contributed by atoms with Gasteiger partial charge in [0.2, 0.25) is 17.7 Å². The molecule has 1 amide bonds. The average Bonchev–Trinajstić information content (AvgIpc) is 3.63. The normalized spacial score (nSPS) is 22.3. The van der Waals surface area contributed by atoms with Crippen molar-refractivity contribution in [1.29, 1.82) is 0 Å². The molecule has 3 aromatic rings. The number of halogens is 3. The fourth-order valence-corrected chi connectivity index (χ4v) is 7.10. The van der Waals surface area contributed by atoms with Gasteiger partial charge in [0.25, 0.3) is 0 Å². The molecule has 0 bridgehead atoms. The summed E-state index contributed by atoms with van der Waals surface area (Å²) in [5, 5.41) is 0. The smallest absolute Gasteiger partial charge is 0.422 e. The predicted octanol–water partition coefficient (Wildman–Crippen LogP) is 4.00. The Morgan fingerprint density at radius 1 is 0.936 bits per heavy atom. The Balaban J connectivity index is 1.36. The molecule has 1 aromatic heterocycles. The van der Waals surface area contributed by atoms with Crippen molar-refractivity contribution in [2.75, 3.05) is 66.8 Å². The van der Waals surface area contributed by atoms with Crippen LogP contribution in [0.25, 0.3) is 0 Å². The predicted molar refractivity (Wildman–Crippen MR) is 166 cm³/mol. The molecule has 3 fully saturated rings. The van der Waals surface area contributed by atoms with E-state index >= 15 is 0 Å². The molecule has 2 aromatic carbocycles. The Labute approximate surface area is 272 Å². The monoisotopic (exact) mass is 655 g/mol. The lowest BCUT2D eigenvalue weighted by Gasteiger charge is -2.53. The molecular weight excluding hydrogens is 615 g/mol. The van der Waals surface area contributed by atoms with Crippen LogP contribution in [0, 0.1) is 5.92 Å². The number of amides is 1. The lowest BCUT2D eigenvalue weighted by atomic mass is 9.81. The summed E-state index contributed by atoms with van der Waals surface area (Å²) in [6.07, 6.45) is -3.85. The van der Waals surface area contributed by atoms with Gasteiger partial charge in [0.15, 0.2) is 6.61 Å². The third-order valence-corrected chi connectivity index (χ3v) is 9.20. The summed E-state index contributed by atoms with van der Waals surface area (Å²) in [4.78, 5) is 28.6. The number of rotatable bonds is 10. The average molecular weight is 656 g/mol. The number of methoxy groups -OCH3 is 2. The number of alkyl halides is 3. The molecule has 6 rings (SSSR count). The lowest BCUT2D eigenvalue weighted by molar-refractivity contribution is -0.154. The van der Waals surface area contributed by atoms with Crippen molar-refractivity contribution in [3.05, 3.63) is 77.4 Å². The van der Waals surface area contributed by atoms with Crippen LogP contribution in [0.2, 0.25) is 0 Å². The first-order valence-electron chi connectivity index (χ1n) is 15.9. The van der Waals surface area contributed by atoms with Gasteiger partial charge in [-0.05, 0) is 17.5 Å². The van der Waals surface area contributed by atoms with Crippen LogP contribution < -0.4 is 14.2 Å². The molecule has 2 unspecified atom stereocenters. The summed E-state index contributed by atoms with van der Waals surface area (Å²) in [6.45, 7) is 2.69. The maximum Gasteiger partial charge on any atom is 0.422 e. The molecule has 0 radical (unpaired) electrons. The summed E-state index contributed by atoms with van der Waals surface area (Å²) in [5.41, 5.74) is 2.61. The highest BCUT2D eigenvalue weighted by atomic mass is 19.4. The molecule has 0 saturated carbocycles. The summed E-state index contributed by atoms with van der Waals surface area (Å²) in [5.74, 6) is -0.186. The van der Waals surface area contributed by atoms with Crippen molar-refractivity contribution in [3.8, 4) is 17.8 Å². The number of nitrogens with zero attached hydrogens (tertiary/aromatic N) is 5. The van der Waals surface area contributed by atoms with Gasteiger partial charge in [-0.3, -0.25) is 14.6 Å². The number of benzene rings is 2. The van der Waals surface area contributed by atoms with Crippen LogP contribution >= 0.6 is 0 Å². The minimum Gasteiger partial charge on any atom is -0.481 e. The van der Waals surface area contributed by atoms with Gasteiger partial charge in [0.05, 0.1) is 32.3 Å². The maximum absolute atomic E-state index is 13.5. The van der Waals surface area contributed by atoms with E-state index in [0.29, 0.717) is 51.5 Å². The van der Waals surface area contributed by atoms with Crippen LogP contribution in [0.3, 0.4) is 0 Å². The van der Waals surface area contributed by atoms with Crippen LogP contribution in [0.1, 0.15) is 29.0 Å². The highest BCUT2D eigenvalue weighted by molar-refractivity contribution is 5.79. The third-order valence-electron chi connectivity index (χ3n) is 9.20. The number of piperazine rings is 2. The highest BCUT2D eigenvalue weighted by Crippen LogP contribution is 2.38. The Morgan fingerprint density at radius 2 is 1.62 bits per heavy atom. The zero-order chi connectivity index (χ0) is 33.0. The van der Waals surface area contributed by atoms with Crippen molar-refractivity contribution < 1.29 is 36.9 Å². The van der Waals surface area contributed by atoms with Crippen molar-refractivity contribution in [1.82, 2.24) is 24.7 Å². The van der Waals surface area contributed by atoms with Crippen molar-refractivity contribution >= 4 is 5.91 Å². The molecular formula is C34H40F3N5O5. The second-order valence-corrected chi connectivity index (χ2v) is 12.2. The van der Waals surface area contributed by atoms with Crippen molar-refractivity contribution in [3.63, 3.8) is 0 Å². The first-order valence-corrected chi connectivity index (χ1v) is 15.9. The molecule has 0 spiro atoms. The fourth-order valence-electron chi connectivity index (χ4n) is 7.10.